The number of methoxy groups -OCH3 is 1. The van der Waals surface area contributed by atoms with Crippen molar-refractivity contribution in [2.45, 2.75) is 57.4 Å². The SMILES string of the molecule is COc1cc(C[C@]2(CCC(=O)N3CCC[C@@H](C)C3)CCC(=O)N2)ccc1F. The van der Waals surface area contributed by atoms with Crippen molar-refractivity contribution in [2.24, 2.45) is 5.92 Å². The number of ether oxygens (including phenoxy) is 1. The molecule has 1 aromatic rings. The van der Waals surface area contributed by atoms with Crippen molar-refractivity contribution in [3.63, 3.8) is 0 Å². The summed E-state index contributed by atoms with van der Waals surface area (Å²) < 4.78 is 18.8. The van der Waals surface area contributed by atoms with Crippen LogP contribution >= 0.6 is 0 Å². The molecule has 0 aliphatic carbocycles. The summed E-state index contributed by atoms with van der Waals surface area (Å²) in [6, 6.07) is 4.78. The Bertz CT molecular complexity index is 709. The molecule has 2 aliphatic heterocycles. The molecule has 3 rings (SSSR count). The van der Waals surface area contributed by atoms with Gasteiger partial charge in [-0.15, -0.1) is 0 Å². The van der Waals surface area contributed by atoms with Gasteiger partial charge in [0.25, 0.3) is 0 Å². The molecule has 2 aliphatic rings. The molecule has 1 aromatic carbocycles. The van der Waals surface area contributed by atoms with Crippen molar-refractivity contribution in [2.75, 3.05) is 20.2 Å². The molecule has 2 atom stereocenters. The van der Waals surface area contributed by atoms with Gasteiger partial charge in [-0.05, 0) is 55.7 Å². The van der Waals surface area contributed by atoms with Crippen LogP contribution in [-0.4, -0.2) is 42.5 Å². The highest BCUT2D eigenvalue weighted by molar-refractivity contribution is 5.80. The first-order valence-electron chi connectivity index (χ1n) is 9.82. The molecule has 2 amide bonds. The summed E-state index contributed by atoms with van der Waals surface area (Å²) in [5.74, 6) is 0.530. The van der Waals surface area contributed by atoms with Crippen molar-refractivity contribution in [3.8, 4) is 5.75 Å². The number of hydrogen-bond donors (Lipinski definition) is 1. The van der Waals surface area contributed by atoms with E-state index in [-0.39, 0.29) is 17.6 Å². The van der Waals surface area contributed by atoms with Gasteiger partial charge in [-0.2, -0.15) is 0 Å². The zero-order valence-electron chi connectivity index (χ0n) is 16.2. The summed E-state index contributed by atoms with van der Waals surface area (Å²) in [4.78, 5) is 26.5. The topological polar surface area (TPSA) is 58.6 Å². The highest BCUT2D eigenvalue weighted by atomic mass is 19.1. The maximum Gasteiger partial charge on any atom is 0.222 e. The van der Waals surface area contributed by atoms with Crippen LogP contribution in [0.3, 0.4) is 0 Å². The molecule has 2 saturated heterocycles. The maximum atomic E-state index is 13.7. The van der Waals surface area contributed by atoms with Gasteiger partial charge in [0.1, 0.15) is 0 Å². The fourth-order valence-corrected chi connectivity index (χ4v) is 4.31. The molecule has 0 saturated carbocycles. The fraction of sp³-hybridized carbons (Fsp3) is 0.619. The number of carbonyl (C=O) groups excluding carboxylic acids is 2. The molecule has 5 nitrogen and oxygen atoms in total. The first kappa shape index (κ1) is 19.6. The molecule has 0 aromatic heterocycles. The molecule has 1 N–H and O–H groups in total. The Morgan fingerprint density at radius 1 is 1.44 bits per heavy atom. The second-order valence-electron chi connectivity index (χ2n) is 8.06. The summed E-state index contributed by atoms with van der Waals surface area (Å²) in [7, 11) is 1.44. The van der Waals surface area contributed by atoms with E-state index in [2.05, 4.69) is 12.2 Å². The fourth-order valence-electron chi connectivity index (χ4n) is 4.31. The number of amides is 2. The minimum absolute atomic E-state index is 0.0168. The Kier molecular flexibility index (Phi) is 6.02. The average molecular weight is 376 g/mol. The monoisotopic (exact) mass is 376 g/mol. The molecule has 148 valence electrons. The highest BCUT2D eigenvalue weighted by Gasteiger charge is 2.38. The van der Waals surface area contributed by atoms with E-state index in [1.807, 2.05) is 4.90 Å². The molecule has 0 radical (unpaired) electrons. The van der Waals surface area contributed by atoms with Crippen LogP contribution in [0.5, 0.6) is 5.75 Å². The van der Waals surface area contributed by atoms with Crippen LogP contribution in [0.2, 0.25) is 0 Å². The van der Waals surface area contributed by atoms with Gasteiger partial charge in [0.2, 0.25) is 11.8 Å². The van der Waals surface area contributed by atoms with Gasteiger partial charge in [0.05, 0.1) is 7.11 Å². The lowest BCUT2D eigenvalue weighted by molar-refractivity contribution is -0.133. The molecule has 0 spiro atoms. The Morgan fingerprint density at radius 3 is 2.93 bits per heavy atom. The summed E-state index contributed by atoms with van der Waals surface area (Å²) >= 11 is 0. The zero-order chi connectivity index (χ0) is 19.4. The van der Waals surface area contributed by atoms with E-state index in [0.717, 1.165) is 25.1 Å². The molecule has 2 fully saturated rings. The van der Waals surface area contributed by atoms with E-state index in [1.165, 1.54) is 19.6 Å². The van der Waals surface area contributed by atoms with Crippen LogP contribution in [0.15, 0.2) is 18.2 Å². The summed E-state index contributed by atoms with van der Waals surface area (Å²) in [6.07, 6.45) is 4.98. The van der Waals surface area contributed by atoms with Gasteiger partial charge in [-0.1, -0.05) is 13.0 Å². The van der Waals surface area contributed by atoms with Crippen molar-refractivity contribution in [1.82, 2.24) is 10.2 Å². The van der Waals surface area contributed by atoms with Crippen LogP contribution in [0, 0.1) is 11.7 Å². The Morgan fingerprint density at radius 2 is 2.26 bits per heavy atom. The summed E-state index contributed by atoms with van der Waals surface area (Å²) in [6.45, 7) is 3.84. The molecular weight excluding hydrogens is 347 g/mol. The number of likely N-dealkylation sites (tertiary alicyclic amines) is 1. The molecule has 27 heavy (non-hydrogen) atoms. The zero-order valence-corrected chi connectivity index (χ0v) is 16.2. The number of hydrogen-bond acceptors (Lipinski definition) is 3. The number of halogens is 1. The van der Waals surface area contributed by atoms with Crippen LogP contribution < -0.4 is 10.1 Å². The molecule has 6 heteroatoms. The predicted molar refractivity (Wildman–Crippen MR) is 101 cm³/mol. The van der Waals surface area contributed by atoms with Crippen molar-refractivity contribution < 1.29 is 18.7 Å². The number of piperidine rings is 1. The maximum absolute atomic E-state index is 13.7. The third-order valence-electron chi connectivity index (χ3n) is 5.82. The first-order valence-corrected chi connectivity index (χ1v) is 9.82. The van der Waals surface area contributed by atoms with Gasteiger partial charge in [0, 0.05) is 31.5 Å². The highest BCUT2D eigenvalue weighted by Crippen LogP contribution is 2.31. The van der Waals surface area contributed by atoms with Gasteiger partial charge in [-0.3, -0.25) is 9.59 Å². The van der Waals surface area contributed by atoms with E-state index in [1.54, 1.807) is 12.1 Å². The number of rotatable bonds is 6. The van der Waals surface area contributed by atoms with Gasteiger partial charge in [0.15, 0.2) is 11.6 Å². The van der Waals surface area contributed by atoms with E-state index in [4.69, 9.17) is 4.74 Å². The Labute approximate surface area is 160 Å². The lowest BCUT2D eigenvalue weighted by Gasteiger charge is -2.33. The molecular formula is C21H29FN2O3. The Hall–Kier alpha value is -2.11. The van der Waals surface area contributed by atoms with Crippen molar-refractivity contribution >= 4 is 11.8 Å². The van der Waals surface area contributed by atoms with E-state index in [9.17, 15) is 14.0 Å². The molecule has 0 bridgehead atoms. The second kappa shape index (κ2) is 8.28. The number of benzene rings is 1. The van der Waals surface area contributed by atoms with Crippen LogP contribution in [0.4, 0.5) is 4.39 Å². The largest absolute Gasteiger partial charge is 0.494 e. The third kappa shape index (κ3) is 4.79. The van der Waals surface area contributed by atoms with Crippen molar-refractivity contribution in [1.29, 1.82) is 0 Å². The second-order valence-corrected chi connectivity index (χ2v) is 8.06. The Balaban J connectivity index is 1.68. The summed E-state index contributed by atoms with van der Waals surface area (Å²) in [5, 5.41) is 3.09. The van der Waals surface area contributed by atoms with Gasteiger partial charge < -0.3 is 15.0 Å². The number of carbonyl (C=O) groups is 2. The normalized spacial score (nSPS) is 25.4. The van der Waals surface area contributed by atoms with Gasteiger partial charge >= 0.3 is 0 Å². The number of nitrogens with zero attached hydrogens (tertiary/aromatic N) is 1. The van der Waals surface area contributed by atoms with Crippen LogP contribution in [-0.2, 0) is 16.0 Å². The molecule has 2 heterocycles. The lowest BCUT2D eigenvalue weighted by atomic mass is 9.84. The standard InChI is InChI=1S/C21H29FN2O3/c1-15-4-3-11-24(14-15)20(26)8-10-21(9-7-19(25)23-21)13-16-5-6-17(22)18(12-16)27-2/h5-6,12,15H,3-4,7-11,13-14H2,1-2H3,(H,23,25)/t15-,21-/m1/s1. The first-order chi connectivity index (χ1) is 12.9. The summed E-state index contributed by atoms with van der Waals surface area (Å²) in [5.41, 5.74) is 0.450. The lowest BCUT2D eigenvalue weighted by Crippen LogP contribution is -2.45. The average Bonchev–Trinajstić information content (AvgIpc) is 3.02. The van der Waals surface area contributed by atoms with Crippen molar-refractivity contribution in [3.05, 3.63) is 29.6 Å². The predicted octanol–water partition coefficient (Wildman–Crippen LogP) is 3.06. The van der Waals surface area contributed by atoms with E-state index < -0.39 is 11.4 Å². The van der Waals surface area contributed by atoms with Crippen LogP contribution in [0.1, 0.15) is 51.0 Å². The third-order valence-corrected chi connectivity index (χ3v) is 5.82. The van der Waals surface area contributed by atoms with Gasteiger partial charge in [-0.25, -0.2) is 4.39 Å². The van der Waals surface area contributed by atoms with Crippen LogP contribution in [0.25, 0.3) is 0 Å². The minimum Gasteiger partial charge on any atom is -0.494 e. The smallest absolute Gasteiger partial charge is 0.222 e. The number of nitrogens with one attached hydrogen (secondary N) is 1. The molecule has 0 unspecified atom stereocenters. The quantitative estimate of drug-likeness (QED) is 0.830. The van der Waals surface area contributed by atoms with E-state index in [0.29, 0.717) is 38.0 Å². The van der Waals surface area contributed by atoms with E-state index >= 15 is 0 Å². The minimum atomic E-state index is -0.447.